The zero-order chi connectivity index (χ0) is 15.9. The van der Waals surface area contributed by atoms with Gasteiger partial charge in [0.2, 0.25) is 6.10 Å². The molecule has 6 nitrogen and oxygen atoms in total. The van der Waals surface area contributed by atoms with E-state index >= 15 is 0 Å². The van der Waals surface area contributed by atoms with Crippen molar-refractivity contribution in [3.63, 3.8) is 0 Å². The van der Waals surface area contributed by atoms with Crippen molar-refractivity contribution in [2.75, 3.05) is 13.2 Å². The minimum absolute atomic E-state index is 0.237. The van der Waals surface area contributed by atoms with E-state index in [-0.39, 0.29) is 19.1 Å². The van der Waals surface area contributed by atoms with Crippen molar-refractivity contribution in [3.8, 4) is 0 Å². The molecule has 116 valence electrons. The van der Waals surface area contributed by atoms with Crippen LogP contribution in [0.2, 0.25) is 0 Å². The lowest BCUT2D eigenvalue weighted by Gasteiger charge is -2.14. The Morgan fingerprint density at radius 3 is 2.55 bits per heavy atom. The summed E-state index contributed by atoms with van der Waals surface area (Å²) in [6.07, 6.45) is -0.988. The quantitative estimate of drug-likeness (QED) is 0.839. The monoisotopic (exact) mass is 302 g/mol. The molecule has 1 saturated heterocycles. The van der Waals surface area contributed by atoms with Gasteiger partial charge in [0, 0.05) is 12.0 Å². The molecule has 0 saturated carbocycles. The first-order valence-corrected chi connectivity index (χ1v) is 7.26. The molecule has 0 bridgehead atoms. The van der Waals surface area contributed by atoms with Crippen molar-refractivity contribution < 1.29 is 19.2 Å². The summed E-state index contributed by atoms with van der Waals surface area (Å²) in [6, 6.07) is 4.16. The molecule has 1 atom stereocenters. The molecule has 0 aromatic heterocycles. The van der Waals surface area contributed by atoms with Gasteiger partial charge in [-0.15, -0.1) is 0 Å². The van der Waals surface area contributed by atoms with Crippen molar-refractivity contribution in [2.45, 2.75) is 33.3 Å². The molecule has 0 radical (unpaired) electrons. The number of carbonyl (C=O) groups excluding carboxylic acids is 2. The van der Waals surface area contributed by atoms with Crippen LogP contribution in [-0.4, -0.2) is 41.9 Å². The van der Waals surface area contributed by atoms with Gasteiger partial charge in [-0.2, -0.15) is 0 Å². The van der Waals surface area contributed by atoms with Crippen molar-refractivity contribution in [2.24, 2.45) is 5.16 Å². The molecule has 0 N–H and O–H groups in total. The average Bonchev–Trinajstić information content (AvgIpc) is 3.06. The van der Waals surface area contributed by atoms with Crippen molar-refractivity contribution in [1.29, 1.82) is 0 Å². The first-order chi connectivity index (χ1) is 10.5. The van der Waals surface area contributed by atoms with Gasteiger partial charge < -0.3 is 9.57 Å². The first-order valence-electron chi connectivity index (χ1n) is 7.26. The topological polar surface area (TPSA) is 68.2 Å². The lowest BCUT2D eigenvalue weighted by molar-refractivity contribution is -0.138. The predicted molar refractivity (Wildman–Crippen MR) is 79.7 cm³/mol. The van der Waals surface area contributed by atoms with Gasteiger partial charge in [0.25, 0.3) is 5.91 Å². The molecular weight excluding hydrogens is 284 g/mol. The Kier molecular flexibility index (Phi) is 3.60. The Morgan fingerprint density at radius 1 is 1.27 bits per heavy atom. The normalized spacial score (nSPS) is 20.7. The second-order valence-electron chi connectivity index (χ2n) is 5.71. The molecule has 0 aliphatic carbocycles. The maximum absolute atomic E-state index is 12.3. The fourth-order valence-corrected chi connectivity index (χ4v) is 3.06. The van der Waals surface area contributed by atoms with Crippen LogP contribution in [0.25, 0.3) is 0 Å². The number of hydrogen-bond donors (Lipinski definition) is 0. The number of benzene rings is 1. The summed E-state index contributed by atoms with van der Waals surface area (Å²) >= 11 is 0. The van der Waals surface area contributed by atoms with E-state index in [2.05, 4.69) is 17.3 Å². The number of amides is 2. The molecule has 1 aromatic carbocycles. The highest BCUT2D eigenvalue weighted by molar-refractivity contribution is 6.07. The summed E-state index contributed by atoms with van der Waals surface area (Å²) in [5.41, 5.74) is 5.17. The van der Waals surface area contributed by atoms with Crippen LogP contribution in [0.4, 0.5) is 4.79 Å². The van der Waals surface area contributed by atoms with Crippen LogP contribution < -0.4 is 0 Å². The van der Waals surface area contributed by atoms with E-state index in [0.29, 0.717) is 6.42 Å². The molecule has 22 heavy (non-hydrogen) atoms. The summed E-state index contributed by atoms with van der Waals surface area (Å²) < 4.78 is 4.78. The van der Waals surface area contributed by atoms with E-state index < -0.39 is 12.2 Å². The molecule has 2 aliphatic heterocycles. The first kappa shape index (κ1) is 14.6. The van der Waals surface area contributed by atoms with Crippen LogP contribution in [0.5, 0.6) is 0 Å². The molecular formula is C16H18N2O4. The summed E-state index contributed by atoms with van der Waals surface area (Å²) in [5, 5.41) is 4.07. The largest absolute Gasteiger partial charge is 0.447 e. The zero-order valence-electron chi connectivity index (χ0n) is 12.9. The number of ether oxygens (including phenoxy) is 1. The number of rotatable bonds is 2. The van der Waals surface area contributed by atoms with Crippen LogP contribution in [0.3, 0.4) is 0 Å². The van der Waals surface area contributed by atoms with Crippen LogP contribution in [0.1, 0.15) is 28.7 Å². The Balaban J connectivity index is 1.78. The average molecular weight is 302 g/mol. The van der Waals surface area contributed by atoms with E-state index in [1.54, 1.807) is 0 Å². The fraction of sp³-hybridized carbons (Fsp3) is 0.438. The van der Waals surface area contributed by atoms with E-state index in [1.165, 1.54) is 5.56 Å². The van der Waals surface area contributed by atoms with E-state index in [9.17, 15) is 9.59 Å². The maximum atomic E-state index is 12.3. The molecule has 2 aliphatic rings. The van der Waals surface area contributed by atoms with Gasteiger partial charge in [0.05, 0.1) is 12.3 Å². The van der Waals surface area contributed by atoms with E-state index in [1.807, 2.05) is 20.8 Å². The second-order valence-corrected chi connectivity index (χ2v) is 5.71. The third-order valence-corrected chi connectivity index (χ3v) is 3.94. The van der Waals surface area contributed by atoms with Crippen molar-refractivity contribution in [1.82, 2.24) is 4.90 Å². The Morgan fingerprint density at radius 2 is 1.95 bits per heavy atom. The zero-order valence-corrected chi connectivity index (χ0v) is 12.9. The summed E-state index contributed by atoms with van der Waals surface area (Å²) in [5.74, 6) is -0.385. The standard InChI is InChI=1S/C16H18N2O4/c1-9-6-10(2)14(11(3)7-9)12-8-13(22-17-12)15(19)18-4-5-21-16(18)20/h6-7,13H,4-5,8H2,1-3H3/t13-/m1/s1. The number of imide groups is 1. The molecule has 1 fully saturated rings. The summed E-state index contributed by atoms with van der Waals surface area (Å²) in [6.45, 7) is 6.59. The molecule has 0 unspecified atom stereocenters. The lowest BCUT2D eigenvalue weighted by Crippen LogP contribution is -2.39. The highest BCUT2D eigenvalue weighted by Crippen LogP contribution is 2.25. The number of nitrogens with zero attached hydrogens (tertiary/aromatic N) is 2. The highest BCUT2D eigenvalue weighted by Gasteiger charge is 2.38. The van der Waals surface area contributed by atoms with Crippen LogP contribution >= 0.6 is 0 Å². The molecule has 0 spiro atoms. The van der Waals surface area contributed by atoms with Crippen LogP contribution in [-0.2, 0) is 14.4 Å². The van der Waals surface area contributed by atoms with Gasteiger partial charge in [-0.1, -0.05) is 22.9 Å². The molecule has 1 aromatic rings. The van der Waals surface area contributed by atoms with Crippen molar-refractivity contribution >= 4 is 17.7 Å². The molecule has 3 rings (SSSR count). The van der Waals surface area contributed by atoms with Crippen LogP contribution in [0, 0.1) is 20.8 Å². The molecule has 6 heteroatoms. The summed E-state index contributed by atoms with van der Waals surface area (Å²) in [4.78, 5) is 30.1. The number of oxime groups is 1. The minimum atomic E-state index is -0.749. The Bertz CT molecular complexity index is 658. The van der Waals surface area contributed by atoms with Gasteiger partial charge in [-0.25, -0.2) is 9.69 Å². The van der Waals surface area contributed by atoms with E-state index in [4.69, 9.17) is 9.57 Å². The smallest absolute Gasteiger partial charge is 0.416 e. The second kappa shape index (κ2) is 5.44. The van der Waals surface area contributed by atoms with Crippen LogP contribution in [0.15, 0.2) is 17.3 Å². The Hall–Kier alpha value is -2.37. The van der Waals surface area contributed by atoms with Gasteiger partial charge in [0.15, 0.2) is 0 Å². The third kappa shape index (κ3) is 2.45. The van der Waals surface area contributed by atoms with Gasteiger partial charge in [-0.3, -0.25) is 4.79 Å². The number of hydrogen-bond acceptors (Lipinski definition) is 5. The van der Waals surface area contributed by atoms with Gasteiger partial charge in [-0.05, 0) is 31.9 Å². The van der Waals surface area contributed by atoms with Gasteiger partial charge >= 0.3 is 6.09 Å². The molecule has 2 heterocycles. The maximum Gasteiger partial charge on any atom is 0.416 e. The van der Waals surface area contributed by atoms with E-state index in [0.717, 1.165) is 27.3 Å². The fourth-order valence-electron chi connectivity index (χ4n) is 3.06. The number of carbonyl (C=O) groups is 2. The SMILES string of the molecule is Cc1cc(C)c(C2=NO[C@@H](C(=O)N3CCOC3=O)C2)c(C)c1. The summed E-state index contributed by atoms with van der Waals surface area (Å²) in [7, 11) is 0. The lowest BCUT2D eigenvalue weighted by atomic mass is 9.93. The highest BCUT2D eigenvalue weighted by atomic mass is 16.6. The van der Waals surface area contributed by atoms with Gasteiger partial charge in [0.1, 0.15) is 6.61 Å². The third-order valence-electron chi connectivity index (χ3n) is 3.94. The Labute approximate surface area is 128 Å². The number of aryl methyl sites for hydroxylation is 3. The van der Waals surface area contributed by atoms with Crippen molar-refractivity contribution in [3.05, 3.63) is 34.4 Å². The molecule has 2 amide bonds. The minimum Gasteiger partial charge on any atom is -0.447 e. The predicted octanol–water partition coefficient (Wildman–Crippen LogP) is 2.08. The number of cyclic esters (lactones) is 1.